The van der Waals surface area contributed by atoms with Crippen molar-refractivity contribution >= 4 is 5.69 Å². The summed E-state index contributed by atoms with van der Waals surface area (Å²) in [5.41, 5.74) is 8.74. The fourth-order valence-electron chi connectivity index (χ4n) is 2.91. The zero-order chi connectivity index (χ0) is 13.9. The van der Waals surface area contributed by atoms with Crippen molar-refractivity contribution in [3.8, 4) is 0 Å². The molecule has 1 aromatic heterocycles. The van der Waals surface area contributed by atoms with Crippen LogP contribution in [0, 0.1) is 5.82 Å². The number of hydrogen-bond donors (Lipinski definition) is 1. The zero-order valence-corrected chi connectivity index (χ0v) is 11.3. The molecule has 0 bridgehead atoms. The molecule has 1 atom stereocenters. The number of nitrogens with zero attached hydrogens (tertiary/aromatic N) is 2. The first kappa shape index (κ1) is 13.1. The van der Waals surface area contributed by atoms with Gasteiger partial charge in [-0.15, -0.1) is 0 Å². The molecule has 3 nitrogen and oxygen atoms in total. The first-order chi connectivity index (χ1) is 9.74. The lowest BCUT2D eigenvalue weighted by molar-refractivity contribution is 0.248. The van der Waals surface area contributed by atoms with Crippen molar-refractivity contribution in [1.82, 2.24) is 9.88 Å². The summed E-state index contributed by atoms with van der Waals surface area (Å²) < 4.78 is 13.4. The highest BCUT2D eigenvalue weighted by Gasteiger charge is 2.26. The van der Waals surface area contributed by atoms with Crippen LogP contribution in [-0.2, 0) is 6.54 Å². The number of nitrogen functional groups attached to an aromatic ring is 1. The molecular weight excluding hydrogens is 253 g/mol. The van der Waals surface area contributed by atoms with Crippen molar-refractivity contribution in [3.05, 3.63) is 59.7 Å². The van der Waals surface area contributed by atoms with E-state index in [1.165, 1.54) is 17.7 Å². The first-order valence-corrected chi connectivity index (χ1v) is 6.92. The Kier molecular flexibility index (Phi) is 3.65. The summed E-state index contributed by atoms with van der Waals surface area (Å²) in [5, 5.41) is 0. The van der Waals surface area contributed by atoms with Crippen molar-refractivity contribution in [1.29, 1.82) is 0 Å². The van der Waals surface area contributed by atoms with Crippen LogP contribution in [-0.4, -0.2) is 16.4 Å². The second-order valence-corrected chi connectivity index (χ2v) is 5.25. The van der Waals surface area contributed by atoms with Gasteiger partial charge in [0.1, 0.15) is 5.82 Å². The molecule has 0 saturated carbocycles. The van der Waals surface area contributed by atoms with E-state index in [4.69, 9.17) is 5.73 Å². The Balaban J connectivity index is 1.81. The predicted octanol–water partition coefficient (Wildman–Crippen LogP) is 3.14. The topological polar surface area (TPSA) is 42.1 Å². The average molecular weight is 271 g/mol. The Morgan fingerprint density at radius 2 is 2.05 bits per heavy atom. The Morgan fingerprint density at radius 1 is 1.25 bits per heavy atom. The molecule has 1 aliphatic heterocycles. The van der Waals surface area contributed by atoms with Gasteiger partial charge < -0.3 is 5.73 Å². The Morgan fingerprint density at radius 3 is 2.85 bits per heavy atom. The van der Waals surface area contributed by atoms with Gasteiger partial charge in [-0.2, -0.15) is 0 Å². The van der Waals surface area contributed by atoms with Crippen LogP contribution < -0.4 is 5.73 Å². The summed E-state index contributed by atoms with van der Waals surface area (Å²) in [7, 11) is 0. The monoisotopic (exact) mass is 271 g/mol. The fourth-order valence-corrected chi connectivity index (χ4v) is 2.91. The summed E-state index contributed by atoms with van der Waals surface area (Å²) in [6.45, 7) is 1.71. The van der Waals surface area contributed by atoms with Crippen molar-refractivity contribution in [3.63, 3.8) is 0 Å². The largest absolute Gasteiger partial charge is 0.398 e. The number of benzene rings is 1. The molecule has 1 unspecified atom stereocenters. The van der Waals surface area contributed by atoms with Gasteiger partial charge in [-0.3, -0.25) is 9.88 Å². The molecule has 0 aliphatic carbocycles. The van der Waals surface area contributed by atoms with Gasteiger partial charge in [0.25, 0.3) is 0 Å². The van der Waals surface area contributed by atoms with Gasteiger partial charge in [-0.05, 0) is 60.8 Å². The molecule has 20 heavy (non-hydrogen) atoms. The van der Waals surface area contributed by atoms with Gasteiger partial charge in [0.05, 0.1) is 0 Å². The first-order valence-electron chi connectivity index (χ1n) is 6.92. The molecular formula is C16H18FN3. The van der Waals surface area contributed by atoms with Crippen LogP contribution in [0.15, 0.2) is 42.7 Å². The quantitative estimate of drug-likeness (QED) is 0.872. The van der Waals surface area contributed by atoms with Crippen molar-refractivity contribution in [2.45, 2.75) is 25.4 Å². The Labute approximate surface area is 118 Å². The number of nitrogens with two attached hydrogens (primary N) is 1. The molecule has 0 spiro atoms. The number of rotatable bonds is 3. The molecule has 1 fully saturated rings. The third kappa shape index (κ3) is 2.65. The Hall–Kier alpha value is -1.94. The number of anilines is 1. The SMILES string of the molecule is Nc1ccc(F)cc1CN1CCCC1c1ccncc1. The maximum absolute atomic E-state index is 13.4. The molecule has 2 aromatic rings. The van der Waals surface area contributed by atoms with Gasteiger partial charge in [-0.25, -0.2) is 4.39 Å². The minimum atomic E-state index is -0.228. The smallest absolute Gasteiger partial charge is 0.123 e. The normalized spacial score (nSPS) is 19.4. The maximum Gasteiger partial charge on any atom is 0.123 e. The highest BCUT2D eigenvalue weighted by atomic mass is 19.1. The molecule has 2 N–H and O–H groups in total. The molecule has 4 heteroatoms. The zero-order valence-electron chi connectivity index (χ0n) is 11.3. The highest BCUT2D eigenvalue weighted by Crippen LogP contribution is 2.33. The van der Waals surface area contributed by atoms with Gasteiger partial charge in [0.2, 0.25) is 0 Å². The minimum Gasteiger partial charge on any atom is -0.398 e. The van der Waals surface area contributed by atoms with Crippen LogP contribution >= 0.6 is 0 Å². The number of aromatic nitrogens is 1. The van der Waals surface area contributed by atoms with Crippen LogP contribution in [0.4, 0.5) is 10.1 Å². The van der Waals surface area contributed by atoms with Crippen molar-refractivity contribution in [2.24, 2.45) is 0 Å². The van der Waals surface area contributed by atoms with Crippen LogP contribution in [0.2, 0.25) is 0 Å². The third-order valence-corrected chi connectivity index (χ3v) is 3.93. The molecule has 1 aliphatic rings. The summed E-state index contributed by atoms with van der Waals surface area (Å²) >= 11 is 0. The minimum absolute atomic E-state index is 0.228. The van der Waals surface area contributed by atoms with Crippen LogP contribution in [0.3, 0.4) is 0 Å². The standard InChI is InChI=1S/C16H18FN3/c17-14-3-4-15(18)13(10-14)11-20-9-1-2-16(20)12-5-7-19-8-6-12/h3-8,10,16H,1-2,9,11,18H2. The second kappa shape index (κ2) is 5.59. The van der Waals surface area contributed by atoms with E-state index in [1.807, 2.05) is 12.4 Å². The van der Waals surface area contributed by atoms with E-state index in [1.54, 1.807) is 6.07 Å². The molecule has 1 saturated heterocycles. The number of likely N-dealkylation sites (tertiary alicyclic amines) is 1. The van der Waals surface area contributed by atoms with E-state index in [0.29, 0.717) is 18.3 Å². The van der Waals surface area contributed by atoms with Gasteiger partial charge in [0.15, 0.2) is 0 Å². The van der Waals surface area contributed by atoms with E-state index in [0.717, 1.165) is 24.9 Å². The molecule has 2 heterocycles. The lowest BCUT2D eigenvalue weighted by Crippen LogP contribution is -2.23. The lowest BCUT2D eigenvalue weighted by atomic mass is 10.1. The second-order valence-electron chi connectivity index (χ2n) is 5.25. The summed E-state index contributed by atoms with van der Waals surface area (Å²) in [5.74, 6) is -0.228. The van der Waals surface area contributed by atoms with Crippen LogP contribution in [0.25, 0.3) is 0 Å². The number of halogens is 1. The predicted molar refractivity (Wildman–Crippen MR) is 77.4 cm³/mol. The summed E-state index contributed by atoms with van der Waals surface area (Å²) in [4.78, 5) is 6.42. The van der Waals surface area contributed by atoms with Crippen molar-refractivity contribution in [2.75, 3.05) is 12.3 Å². The maximum atomic E-state index is 13.4. The van der Waals surface area contributed by atoms with E-state index in [9.17, 15) is 4.39 Å². The average Bonchev–Trinajstić information content (AvgIpc) is 2.92. The third-order valence-electron chi connectivity index (χ3n) is 3.93. The van der Waals surface area contributed by atoms with Gasteiger partial charge in [-0.1, -0.05) is 0 Å². The lowest BCUT2D eigenvalue weighted by Gasteiger charge is -2.25. The fraction of sp³-hybridized carbons (Fsp3) is 0.312. The summed E-state index contributed by atoms with van der Waals surface area (Å²) in [6, 6.07) is 9.07. The van der Waals surface area contributed by atoms with E-state index in [2.05, 4.69) is 22.0 Å². The van der Waals surface area contributed by atoms with Crippen molar-refractivity contribution < 1.29 is 4.39 Å². The van der Waals surface area contributed by atoms with Gasteiger partial charge >= 0.3 is 0 Å². The molecule has 1 aromatic carbocycles. The molecule has 3 rings (SSSR count). The molecule has 0 amide bonds. The van der Waals surface area contributed by atoms with E-state index < -0.39 is 0 Å². The molecule has 0 radical (unpaired) electrons. The van der Waals surface area contributed by atoms with E-state index >= 15 is 0 Å². The Bertz CT molecular complexity index is 586. The van der Waals surface area contributed by atoms with Crippen LogP contribution in [0.1, 0.15) is 30.0 Å². The van der Waals surface area contributed by atoms with Crippen LogP contribution in [0.5, 0.6) is 0 Å². The van der Waals surface area contributed by atoms with E-state index in [-0.39, 0.29) is 5.82 Å². The molecule has 104 valence electrons. The van der Waals surface area contributed by atoms with Gasteiger partial charge in [0, 0.05) is 30.7 Å². The number of pyridine rings is 1. The summed E-state index contributed by atoms with van der Waals surface area (Å²) in [6.07, 6.45) is 5.92. The highest BCUT2D eigenvalue weighted by molar-refractivity contribution is 5.46. The number of hydrogen-bond acceptors (Lipinski definition) is 3.